The Labute approximate surface area is 114 Å². The summed E-state index contributed by atoms with van der Waals surface area (Å²) in [6.07, 6.45) is -4.41. The molecule has 2 amide bonds. The number of hydrogen-bond donors (Lipinski definition) is 2. The number of ether oxygens (including phenoxy) is 1. The van der Waals surface area contributed by atoms with Gasteiger partial charge in [0.15, 0.2) is 0 Å². The average Bonchev–Trinajstić information content (AvgIpc) is 2.27. The van der Waals surface area contributed by atoms with Crippen molar-refractivity contribution in [1.82, 2.24) is 10.2 Å². The fourth-order valence-electron chi connectivity index (χ4n) is 1.42. The second-order valence-electron chi connectivity index (χ2n) is 4.51. The second-order valence-corrected chi connectivity index (χ2v) is 4.51. The molecule has 0 unspecified atom stereocenters. The third-order valence-corrected chi connectivity index (χ3v) is 2.55. The van der Waals surface area contributed by atoms with Crippen LogP contribution in [0.15, 0.2) is 0 Å². The van der Waals surface area contributed by atoms with E-state index in [-0.39, 0.29) is 19.7 Å². The molecule has 0 aromatic rings. The summed E-state index contributed by atoms with van der Waals surface area (Å²) >= 11 is 0. The van der Waals surface area contributed by atoms with Gasteiger partial charge in [0.25, 0.3) is 0 Å². The molecule has 0 radical (unpaired) electrons. The van der Waals surface area contributed by atoms with E-state index in [4.69, 9.17) is 5.11 Å². The molecule has 0 aromatic heterocycles. The number of carbonyl (C=O) groups is 2. The molecule has 118 valence electrons. The number of alkyl halides is 3. The predicted molar refractivity (Wildman–Crippen MR) is 64.4 cm³/mol. The van der Waals surface area contributed by atoms with Gasteiger partial charge in [-0.25, -0.2) is 9.59 Å². The summed E-state index contributed by atoms with van der Waals surface area (Å²) in [6, 6.07) is -0.671. The van der Waals surface area contributed by atoms with Crippen LogP contribution in [0, 0.1) is 0 Å². The van der Waals surface area contributed by atoms with Crippen molar-refractivity contribution in [3.63, 3.8) is 0 Å². The fourth-order valence-corrected chi connectivity index (χ4v) is 1.42. The molecule has 9 heteroatoms. The van der Waals surface area contributed by atoms with Crippen LogP contribution in [0.5, 0.6) is 0 Å². The highest BCUT2D eigenvalue weighted by molar-refractivity contribution is 5.85. The molecular formula is C11H19F3N2O4. The summed E-state index contributed by atoms with van der Waals surface area (Å²) in [6.45, 7) is 2.63. The van der Waals surface area contributed by atoms with Crippen molar-refractivity contribution in [2.75, 3.05) is 26.3 Å². The van der Waals surface area contributed by atoms with Crippen LogP contribution in [-0.4, -0.2) is 60.0 Å². The smallest absolute Gasteiger partial charge is 0.411 e. The van der Waals surface area contributed by atoms with E-state index in [2.05, 4.69) is 10.1 Å². The van der Waals surface area contributed by atoms with E-state index in [9.17, 15) is 22.8 Å². The number of hydrogen-bond acceptors (Lipinski definition) is 3. The maximum atomic E-state index is 11.8. The van der Waals surface area contributed by atoms with Crippen LogP contribution >= 0.6 is 0 Å². The van der Waals surface area contributed by atoms with E-state index in [1.165, 1.54) is 13.8 Å². The molecule has 0 bridgehead atoms. The molecule has 0 aliphatic rings. The van der Waals surface area contributed by atoms with Crippen LogP contribution in [0.25, 0.3) is 0 Å². The quantitative estimate of drug-likeness (QED) is 0.698. The first-order valence-electron chi connectivity index (χ1n) is 5.95. The number of rotatable bonds is 7. The Balaban J connectivity index is 4.22. The molecule has 0 spiro atoms. The van der Waals surface area contributed by atoms with Gasteiger partial charge in [-0.15, -0.1) is 0 Å². The van der Waals surface area contributed by atoms with Gasteiger partial charge in [0.1, 0.15) is 12.1 Å². The summed E-state index contributed by atoms with van der Waals surface area (Å²) in [5, 5.41) is 11.3. The first-order chi connectivity index (χ1) is 9.02. The minimum atomic E-state index is -4.41. The summed E-state index contributed by atoms with van der Waals surface area (Å²) < 4.78 is 39.7. The molecule has 0 aromatic carbocycles. The lowest BCUT2D eigenvalue weighted by Crippen LogP contribution is -2.56. The molecule has 0 heterocycles. The number of amides is 2. The fraction of sp³-hybridized carbons (Fsp3) is 0.818. The van der Waals surface area contributed by atoms with Gasteiger partial charge in [0.2, 0.25) is 0 Å². The van der Waals surface area contributed by atoms with Gasteiger partial charge in [-0.1, -0.05) is 0 Å². The van der Waals surface area contributed by atoms with E-state index >= 15 is 0 Å². The van der Waals surface area contributed by atoms with Crippen molar-refractivity contribution in [2.24, 2.45) is 0 Å². The lowest BCUT2D eigenvalue weighted by molar-refractivity contribution is -0.173. The Hall–Kier alpha value is -1.51. The summed E-state index contributed by atoms with van der Waals surface area (Å²) in [7, 11) is 0. The Morgan fingerprint density at radius 3 is 2.25 bits per heavy atom. The third kappa shape index (κ3) is 6.09. The summed E-state index contributed by atoms with van der Waals surface area (Å²) in [5.74, 6) is -1.18. The van der Waals surface area contributed by atoms with Gasteiger partial charge in [0.05, 0.1) is 6.61 Å². The van der Waals surface area contributed by atoms with Gasteiger partial charge >= 0.3 is 18.2 Å². The van der Waals surface area contributed by atoms with Gasteiger partial charge in [-0.2, -0.15) is 13.2 Å². The SMILES string of the molecule is CCN(C(=O)NCCOCC(F)(F)F)C(C)(C)C(=O)O. The lowest BCUT2D eigenvalue weighted by Gasteiger charge is -2.34. The van der Waals surface area contributed by atoms with E-state index in [1.54, 1.807) is 6.92 Å². The van der Waals surface area contributed by atoms with E-state index < -0.39 is 30.3 Å². The highest BCUT2D eigenvalue weighted by atomic mass is 19.4. The minimum Gasteiger partial charge on any atom is -0.480 e. The number of nitrogens with zero attached hydrogens (tertiary/aromatic N) is 1. The first kappa shape index (κ1) is 18.5. The maximum absolute atomic E-state index is 11.8. The second kappa shape index (κ2) is 7.32. The van der Waals surface area contributed by atoms with Crippen molar-refractivity contribution >= 4 is 12.0 Å². The van der Waals surface area contributed by atoms with Gasteiger partial charge < -0.3 is 20.1 Å². The number of nitrogens with one attached hydrogen (secondary N) is 1. The Bertz CT molecular complexity index is 345. The molecule has 0 fully saturated rings. The number of halogens is 3. The monoisotopic (exact) mass is 300 g/mol. The van der Waals surface area contributed by atoms with Gasteiger partial charge in [0, 0.05) is 13.1 Å². The van der Waals surface area contributed by atoms with Crippen LogP contribution in [-0.2, 0) is 9.53 Å². The zero-order chi connectivity index (χ0) is 16.0. The van der Waals surface area contributed by atoms with Crippen molar-refractivity contribution in [2.45, 2.75) is 32.5 Å². The number of carbonyl (C=O) groups excluding carboxylic acids is 1. The molecule has 20 heavy (non-hydrogen) atoms. The minimum absolute atomic E-state index is 0.138. The zero-order valence-electron chi connectivity index (χ0n) is 11.6. The number of urea groups is 1. The molecule has 0 aliphatic heterocycles. The lowest BCUT2D eigenvalue weighted by atomic mass is 10.0. The predicted octanol–water partition coefficient (Wildman–Crippen LogP) is 1.46. The largest absolute Gasteiger partial charge is 0.480 e. The molecule has 0 saturated heterocycles. The Morgan fingerprint density at radius 2 is 1.85 bits per heavy atom. The third-order valence-electron chi connectivity index (χ3n) is 2.55. The highest BCUT2D eigenvalue weighted by Gasteiger charge is 2.36. The highest BCUT2D eigenvalue weighted by Crippen LogP contribution is 2.15. The Morgan fingerprint density at radius 1 is 1.30 bits per heavy atom. The molecular weight excluding hydrogens is 281 g/mol. The molecule has 2 N–H and O–H groups in total. The van der Waals surface area contributed by atoms with Crippen LogP contribution in [0.3, 0.4) is 0 Å². The molecule has 0 saturated carbocycles. The zero-order valence-corrected chi connectivity index (χ0v) is 11.6. The van der Waals surface area contributed by atoms with Crippen LogP contribution in [0.2, 0.25) is 0 Å². The summed E-state index contributed by atoms with van der Waals surface area (Å²) in [4.78, 5) is 23.9. The van der Waals surface area contributed by atoms with Crippen LogP contribution in [0.4, 0.5) is 18.0 Å². The number of aliphatic carboxylic acids is 1. The Kier molecular flexibility index (Phi) is 6.77. The van der Waals surface area contributed by atoms with E-state index in [1.807, 2.05) is 0 Å². The van der Waals surface area contributed by atoms with E-state index in [0.29, 0.717) is 0 Å². The van der Waals surface area contributed by atoms with Crippen LogP contribution in [0.1, 0.15) is 20.8 Å². The number of carboxylic acid groups (broad SMARTS) is 1. The standard InChI is InChI=1S/C11H19F3N2O4/c1-4-16(10(2,3)8(17)18)9(19)15-5-6-20-7-11(12,13)14/h4-7H2,1-3H3,(H,15,19)(H,17,18). The van der Waals surface area contributed by atoms with Crippen molar-refractivity contribution in [3.8, 4) is 0 Å². The summed E-state index contributed by atoms with van der Waals surface area (Å²) in [5.41, 5.74) is -1.41. The van der Waals surface area contributed by atoms with Crippen molar-refractivity contribution in [1.29, 1.82) is 0 Å². The number of likely N-dealkylation sites (N-methyl/N-ethyl adjacent to an activating group) is 1. The van der Waals surface area contributed by atoms with Crippen molar-refractivity contribution in [3.05, 3.63) is 0 Å². The maximum Gasteiger partial charge on any atom is 0.411 e. The van der Waals surface area contributed by atoms with E-state index in [0.717, 1.165) is 4.90 Å². The van der Waals surface area contributed by atoms with Gasteiger partial charge in [-0.3, -0.25) is 0 Å². The van der Waals surface area contributed by atoms with Crippen LogP contribution < -0.4 is 5.32 Å². The first-order valence-corrected chi connectivity index (χ1v) is 5.95. The molecule has 0 rings (SSSR count). The number of carboxylic acids is 1. The normalized spacial score (nSPS) is 12.1. The average molecular weight is 300 g/mol. The topological polar surface area (TPSA) is 78.9 Å². The van der Waals surface area contributed by atoms with Gasteiger partial charge in [-0.05, 0) is 20.8 Å². The molecule has 0 atom stereocenters. The molecule has 6 nitrogen and oxygen atoms in total. The van der Waals surface area contributed by atoms with Crippen molar-refractivity contribution < 1.29 is 32.6 Å². The molecule has 0 aliphatic carbocycles.